The Bertz CT molecular complexity index is 229. The Morgan fingerprint density at radius 1 is 1.24 bits per heavy atom. The Balaban J connectivity index is 2.35. The lowest BCUT2D eigenvalue weighted by molar-refractivity contribution is -0.138. The van der Waals surface area contributed by atoms with E-state index in [4.69, 9.17) is 10.5 Å². The number of ether oxygens (including phenoxy) is 1. The minimum absolute atomic E-state index is 0.0667. The molecule has 0 radical (unpaired) electrons. The van der Waals surface area contributed by atoms with Crippen LogP contribution < -0.4 is 5.73 Å². The molecule has 1 saturated carbocycles. The third-order valence-electron chi connectivity index (χ3n) is 3.54. The molecule has 1 rings (SSSR count). The molecule has 2 N–H and O–H groups in total. The van der Waals surface area contributed by atoms with Gasteiger partial charge in [0.15, 0.2) is 0 Å². The van der Waals surface area contributed by atoms with Crippen molar-refractivity contribution < 1.29 is 9.53 Å². The number of likely N-dealkylation sites (N-methyl/N-ethyl adjacent to an activating group) is 1. The van der Waals surface area contributed by atoms with Crippen molar-refractivity contribution in [3.8, 4) is 0 Å². The number of nitrogens with two attached hydrogens (primary N) is 1. The zero-order valence-corrected chi connectivity index (χ0v) is 11.2. The van der Waals surface area contributed by atoms with Crippen LogP contribution in [0.15, 0.2) is 0 Å². The van der Waals surface area contributed by atoms with Gasteiger partial charge in [-0.1, -0.05) is 19.3 Å². The lowest BCUT2D eigenvalue weighted by Gasteiger charge is -2.24. The molecule has 100 valence electrons. The molecule has 0 saturated heterocycles. The predicted octanol–water partition coefficient (Wildman–Crippen LogP) is 1.53. The molecule has 1 aliphatic rings. The summed E-state index contributed by atoms with van der Waals surface area (Å²) in [5.74, 6) is 0.0754. The highest BCUT2D eigenvalue weighted by Crippen LogP contribution is 2.19. The van der Waals surface area contributed by atoms with Gasteiger partial charge >= 0.3 is 0 Å². The van der Waals surface area contributed by atoms with Crippen LogP contribution in [0.2, 0.25) is 0 Å². The van der Waals surface area contributed by atoms with E-state index in [2.05, 4.69) is 0 Å². The van der Waals surface area contributed by atoms with E-state index in [9.17, 15) is 4.79 Å². The molecule has 17 heavy (non-hydrogen) atoms. The SMILES string of the molecule is CCN(CC)C(=O)COC1CCCCCC1N. The van der Waals surface area contributed by atoms with E-state index in [0.717, 1.165) is 32.4 Å². The number of carbonyl (C=O) groups excluding carboxylic acids is 1. The molecule has 1 fully saturated rings. The standard InChI is InChI=1S/C13H26N2O2/c1-3-15(4-2)13(16)10-17-12-9-7-5-6-8-11(12)14/h11-12H,3-10,14H2,1-2H3. The molecule has 0 aromatic heterocycles. The first-order valence-corrected chi connectivity index (χ1v) is 6.84. The number of rotatable bonds is 5. The molecule has 0 bridgehead atoms. The van der Waals surface area contributed by atoms with Gasteiger partial charge in [-0.3, -0.25) is 4.79 Å². The minimum atomic E-state index is 0.0667. The van der Waals surface area contributed by atoms with Gasteiger partial charge in [0, 0.05) is 19.1 Å². The van der Waals surface area contributed by atoms with Crippen LogP contribution in [0.3, 0.4) is 0 Å². The van der Waals surface area contributed by atoms with Crippen LogP contribution in [0, 0.1) is 0 Å². The summed E-state index contributed by atoms with van der Waals surface area (Å²) >= 11 is 0. The maximum atomic E-state index is 11.8. The molecule has 4 nitrogen and oxygen atoms in total. The Morgan fingerprint density at radius 2 is 1.88 bits per heavy atom. The monoisotopic (exact) mass is 242 g/mol. The van der Waals surface area contributed by atoms with Gasteiger partial charge in [0.1, 0.15) is 6.61 Å². The van der Waals surface area contributed by atoms with E-state index in [-0.39, 0.29) is 24.7 Å². The van der Waals surface area contributed by atoms with E-state index in [1.165, 1.54) is 12.8 Å². The molecule has 0 aromatic rings. The van der Waals surface area contributed by atoms with Crippen LogP contribution in [0.5, 0.6) is 0 Å². The molecular formula is C13H26N2O2. The van der Waals surface area contributed by atoms with Gasteiger partial charge in [-0.2, -0.15) is 0 Å². The van der Waals surface area contributed by atoms with Gasteiger partial charge in [0.05, 0.1) is 6.10 Å². The van der Waals surface area contributed by atoms with Crippen LogP contribution in [0.1, 0.15) is 46.0 Å². The van der Waals surface area contributed by atoms with Gasteiger partial charge in [-0.25, -0.2) is 0 Å². The van der Waals surface area contributed by atoms with Gasteiger partial charge in [-0.15, -0.1) is 0 Å². The summed E-state index contributed by atoms with van der Waals surface area (Å²) in [7, 11) is 0. The van der Waals surface area contributed by atoms with Gasteiger partial charge in [0.2, 0.25) is 5.91 Å². The second-order valence-corrected chi connectivity index (χ2v) is 4.72. The van der Waals surface area contributed by atoms with Crippen LogP contribution in [0.4, 0.5) is 0 Å². The van der Waals surface area contributed by atoms with E-state index in [0.29, 0.717) is 0 Å². The Labute approximate surface area is 104 Å². The highest BCUT2D eigenvalue weighted by molar-refractivity contribution is 5.77. The molecule has 0 spiro atoms. The fraction of sp³-hybridized carbons (Fsp3) is 0.923. The van der Waals surface area contributed by atoms with Crippen molar-refractivity contribution in [2.75, 3.05) is 19.7 Å². The first-order valence-electron chi connectivity index (χ1n) is 6.84. The molecule has 2 atom stereocenters. The lowest BCUT2D eigenvalue weighted by atomic mass is 10.1. The van der Waals surface area contributed by atoms with E-state index in [1.54, 1.807) is 4.90 Å². The highest BCUT2D eigenvalue weighted by Gasteiger charge is 2.22. The quantitative estimate of drug-likeness (QED) is 0.744. The van der Waals surface area contributed by atoms with Gasteiger partial charge in [0.25, 0.3) is 0 Å². The topological polar surface area (TPSA) is 55.6 Å². The van der Waals surface area contributed by atoms with Crippen LogP contribution in [-0.2, 0) is 9.53 Å². The Kier molecular flexibility index (Phi) is 6.52. The summed E-state index contributed by atoms with van der Waals surface area (Å²) in [5, 5.41) is 0. The first-order chi connectivity index (χ1) is 8.19. The average Bonchev–Trinajstić information content (AvgIpc) is 2.53. The maximum Gasteiger partial charge on any atom is 0.248 e. The summed E-state index contributed by atoms with van der Waals surface area (Å²) in [4.78, 5) is 13.6. The Morgan fingerprint density at radius 3 is 2.53 bits per heavy atom. The summed E-state index contributed by atoms with van der Waals surface area (Å²) in [6, 6.07) is 0.0991. The minimum Gasteiger partial charge on any atom is -0.367 e. The maximum absolute atomic E-state index is 11.8. The fourth-order valence-corrected chi connectivity index (χ4v) is 2.36. The van der Waals surface area contributed by atoms with E-state index < -0.39 is 0 Å². The predicted molar refractivity (Wildman–Crippen MR) is 68.7 cm³/mol. The summed E-state index contributed by atoms with van der Waals surface area (Å²) < 4.78 is 5.71. The summed E-state index contributed by atoms with van der Waals surface area (Å²) in [6.07, 6.45) is 5.66. The van der Waals surface area contributed by atoms with Crippen molar-refractivity contribution in [1.82, 2.24) is 4.90 Å². The number of nitrogens with zero attached hydrogens (tertiary/aromatic N) is 1. The summed E-state index contributed by atoms with van der Waals surface area (Å²) in [5.41, 5.74) is 6.06. The van der Waals surface area contributed by atoms with Crippen molar-refractivity contribution >= 4 is 5.91 Å². The van der Waals surface area contributed by atoms with Crippen molar-refractivity contribution in [2.45, 2.75) is 58.1 Å². The molecule has 2 unspecified atom stereocenters. The Hall–Kier alpha value is -0.610. The molecule has 0 aromatic carbocycles. The highest BCUT2D eigenvalue weighted by atomic mass is 16.5. The number of hydrogen-bond donors (Lipinski definition) is 1. The zero-order chi connectivity index (χ0) is 12.7. The third kappa shape index (κ3) is 4.64. The van der Waals surface area contributed by atoms with Gasteiger partial charge < -0.3 is 15.4 Å². The van der Waals surface area contributed by atoms with Crippen molar-refractivity contribution in [3.05, 3.63) is 0 Å². The molecule has 1 aliphatic carbocycles. The third-order valence-corrected chi connectivity index (χ3v) is 3.54. The first kappa shape index (κ1) is 14.5. The molecular weight excluding hydrogens is 216 g/mol. The normalized spacial score (nSPS) is 25.4. The smallest absolute Gasteiger partial charge is 0.248 e. The van der Waals surface area contributed by atoms with Gasteiger partial charge in [-0.05, 0) is 26.7 Å². The van der Waals surface area contributed by atoms with Crippen molar-refractivity contribution in [1.29, 1.82) is 0 Å². The number of amides is 1. The largest absolute Gasteiger partial charge is 0.367 e. The molecule has 1 amide bonds. The van der Waals surface area contributed by atoms with Crippen LogP contribution in [0.25, 0.3) is 0 Å². The van der Waals surface area contributed by atoms with Crippen LogP contribution in [-0.4, -0.2) is 42.6 Å². The van der Waals surface area contributed by atoms with Crippen molar-refractivity contribution in [2.24, 2.45) is 5.73 Å². The summed E-state index contributed by atoms with van der Waals surface area (Å²) in [6.45, 7) is 5.64. The van der Waals surface area contributed by atoms with Crippen molar-refractivity contribution in [3.63, 3.8) is 0 Å². The molecule has 0 heterocycles. The second-order valence-electron chi connectivity index (χ2n) is 4.72. The second kappa shape index (κ2) is 7.67. The van der Waals surface area contributed by atoms with E-state index in [1.807, 2.05) is 13.8 Å². The molecule has 4 heteroatoms. The molecule has 0 aliphatic heterocycles. The number of carbonyl (C=O) groups is 1. The zero-order valence-electron chi connectivity index (χ0n) is 11.2. The average molecular weight is 242 g/mol. The van der Waals surface area contributed by atoms with Crippen LogP contribution >= 0.6 is 0 Å². The fourth-order valence-electron chi connectivity index (χ4n) is 2.36. The number of hydrogen-bond acceptors (Lipinski definition) is 3. The van der Waals surface area contributed by atoms with E-state index >= 15 is 0 Å². The lowest BCUT2D eigenvalue weighted by Crippen LogP contribution is -2.40.